The highest BCUT2D eigenvalue weighted by atomic mass is 19.4. The summed E-state index contributed by atoms with van der Waals surface area (Å²) in [6, 6.07) is 1.12. The molecule has 0 amide bonds. The van der Waals surface area contributed by atoms with Crippen LogP contribution in [-0.2, 0) is 4.79 Å². The normalized spacial score (nSPS) is 13.1. The van der Waals surface area contributed by atoms with Crippen LogP contribution in [-0.4, -0.2) is 29.6 Å². The summed E-state index contributed by atoms with van der Waals surface area (Å²) in [4.78, 5) is 22.3. The SMILES string of the molecule is O=C(CC(=O)C(F)(F)C(F)(F)C(F)(F)F)c1ccc(F)c(F)c1. The van der Waals surface area contributed by atoms with Gasteiger partial charge in [-0.3, -0.25) is 9.59 Å². The molecular formula is C12H5F9O2. The third kappa shape index (κ3) is 3.48. The van der Waals surface area contributed by atoms with Gasteiger partial charge in [-0.2, -0.15) is 30.7 Å². The van der Waals surface area contributed by atoms with Crippen molar-refractivity contribution in [3.05, 3.63) is 35.4 Å². The number of hydrogen-bond donors (Lipinski definition) is 0. The molecule has 0 radical (unpaired) electrons. The van der Waals surface area contributed by atoms with E-state index in [4.69, 9.17) is 0 Å². The minimum absolute atomic E-state index is 0.186. The zero-order valence-corrected chi connectivity index (χ0v) is 10.7. The molecular weight excluding hydrogens is 347 g/mol. The van der Waals surface area contributed by atoms with Gasteiger partial charge in [-0.15, -0.1) is 0 Å². The second-order valence-electron chi connectivity index (χ2n) is 4.30. The van der Waals surface area contributed by atoms with Gasteiger partial charge < -0.3 is 0 Å². The smallest absolute Gasteiger partial charge is 0.294 e. The highest BCUT2D eigenvalue weighted by molar-refractivity contribution is 6.10. The van der Waals surface area contributed by atoms with Gasteiger partial charge >= 0.3 is 18.0 Å². The van der Waals surface area contributed by atoms with Gasteiger partial charge in [0.25, 0.3) is 0 Å². The first-order chi connectivity index (χ1) is 10.2. The summed E-state index contributed by atoms with van der Waals surface area (Å²) in [7, 11) is 0. The van der Waals surface area contributed by atoms with Gasteiger partial charge in [0.15, 0.2) is 17.4 Å². The Bertz CT molecular complexity index is 634. The molecule has 2 nitrogen and oxygen atoms in total. The summed E-state index contributed by atoms with van der Waals surface area (Å²) >= 11 is 0. The minimum atomic E-state index is -6.73. The molecule has 1 aromatic carbocycles. The fraction of sp³-hybridized carbons (Fsp3) is 0.333. The molecule has 128 valence electrons. The molecule has 1 rings (SSSR count). The lowest BCUT2D eigenvalue weighted by molar-refractivity contribution is -0.343. The van der Waals surface area contributed by atoms with Crippen LogP contribution in [0.5, 0.6) is 0 Å². The molecule has 11 heteroatoms. The van der Waals surface area contributed by atoms with Crippen LogP contribution < -0.4 is 0 Å². The van der Waals surface area contributed by atoms with Crippen LogP contribution in [0.3, 0.4) is 0 Å². The van der Waals surface area contributed by atoms with E-state index in [2.05, 4.69) is 0 Å². The van der Waals surface area contributed by atoms with E-state index in [9.17, 15) is 49.1 Å². The van der Waals surface area contributed by atoms with E-state index in [1.54, 1.807) is 0 Å². The van der Waals surface area contributed by atoms with Crippen molar-refractivity contribution in [2.24, 2.45) is 0 Å². The fourth-order valence-electron chi connectivity index (χ4n) is 1.38. The van der Waals surface area contributed by atoms with Gasteiger partial charge in [0.05, 0.1) is 6.42 Å². The predicted octanol–water partition coefficient (Wildman–Crippen LogP) is 3.94. The van der Waals surface area contributed by atoms with Crippen LogP contribution in [0, 0.1) is 11.6 Å². The van der Waals surface area contributed by atoms with Crippen molar-refractivity contribution in [1.29, 1.82) is 0 Å². The first kappa shape index (κ1) is 19.0. The zero-order chi connectivity index (χ0) is 18.2. The van der Waals surface area contributed by atoms with Crippen molar-refractivity contribution < 1.29 is 49.1 Å². The average Bonchev–Trinajstić information content (AvgIpc) is 2.40. The number of hydrogen-bond acceptors (Lipinski definition) is 2. The van der Waals surface area contributed by atoms with Crippen molar-refractivity contribution >= 4 is 11.6 Å². The molecule has 0 atom stereocenters. The van der Waals surface area contributed by atoms with E-state index in [-0.39, 0.29) is 6.07 Å². The Morgan fingerprint density at radius 3 is 1.83 bits per heavy atom. The minimum Gasteiger partial charge on any atom is -0.294 e. The fourth-order valence-corrected chi connectivity index (χ4v) is 1.38. The van der Waals surface area contributed by atoms with Gasteiger partial charge in [-0.1, -0.05) is 0 Å². The van der Waals surface area contributed by atoms with Gasteiger partial charge in [0.1, 0.15) is 0 Å². The van der Waals surface area contributed by atoms with E-state index in [0.29, 0.717) is 12.1 Å². The largest absolute Gasteiger partial charge is 0.460 e. The number of ketones is 2. The summed E-state index contributed by atoms with van der Waals surface area (Å²) in [5, 5.41) is 0. The highest BCUT2D eigenvalue weighted by Gasteiger charge is 2.75. The summed E-state index contributed by atoms with van der Waals surface area (Å²) in [5.41, 5.74) is -0.844. The van der Waals surface area contributed by atoms with E-state index < -0.39 is 53.2 Å². The van der Waals surface area contributed by atoms with Crippen LogP contribution in [0.4, 0.5) is 39.5 Å². The van der Waals surface area contributed by atoms with Gasteiger partial charge in [-0.05, 0) is 18.2 Å². The molecule has 0 fully saturated rings. The maximum Gasteiger partial charge on any atom is 0.460 e. The van der Waals surface area contributed by atoms with Gasteiger partial charge in [0.2, 0.25) is 5.78 Å². The Kier molecular flexibility index (Phi) is 4.83. The second kappa shape index (κ2) is 5.85. The summed E-state index contributed by atoms with van der Waals surface area (Å²) in [6.45, 7) is 0. The molecule has 0 heterocycles. The van der Waals surface area contributed by atoms with E-state index in [1.807, 2.05) is 0 Å². The number of carbonyl (C=O) groups excluding carboxylic acids is 2. The molecule has 0 N–H and O–H groups in total. The van der Waals surface area contributed by atoms with Crippen LogP contribution in [0.1, 0.15) is 16.8 Å². The molecule has 0 bridgehead atoms. The van der Waals surface area contributed by atoms with Crippen LogP contribution >= 0.6 is 0 Å². The molecule has 0 saturated heterocycles. The topological polar surface area (TPSA) is 34.1 Å². The maximum atomic E-state index is 13.0. The standard InChI is InChI=1S/C12H5F9O2/c13-6-2-1-5(3-7(6)14)8(22)4-9(23)10(15,16)11(17,18)12(19,20)21/h1-3H,4H2. The first-order valence-corrected chi connectivity index (χ1v) is 5.55. The van der Waals surface area contributed by atoms with Crippen molar-refractivity contribution in [1.82, 2.24) is 0 Å². The third-order valence-electron chi connectivity index (χ3n) is 2.66. The number of carbonyl (C=O) groups is 2. The lowest BCUT2D eigenvalue weighted by Gasteiger charge is -2.26. The van der Waals surface area contributed by atoms with Crippen molar-refractivity contribution in [3.8, 4) is 0 Å². The Labute approximate surface area is 121 Å². The first-order valence-electron chi connectivity index (χ1n) is 5.55. The molecule has 0 aliphatic carbocycles. The number of alkyl halides is 7. The Hall–Kier alpha value is -2.07. The quantitative estimate of drug-likeness (QED) is 0.457. The third-order valence-corrected chi connectivity index (χ3v) is 2.66. The van der Waals surface area contributed by atoms with Gasteiger partial charge in [-0.25, -0.2) is 8.78 Å². The molecule has 0 aliphatic rings. The van der Waals surface area contributed by atoms with E-state index in [1.165, 1.54) is 0 Å². The van der Waals surface area contributed by atoms with Crippen molar-refractivity contribution in [3.63, 3.8) is 0 Å². The number of benzene rings is 1. The zero-order valence-electron chi connectivity index (χ0n) is 10.7. The maximum absolute atomic E-state index is 13.0. The van der Waals surface area contributed by atoms with Gasteiger partial charge in [0, 0.05) is 5.56 Å². The van der Waals surface area contributed by atoms with E-state index in [0.717, 1.165) is 0 Å². The van der Waals surface area contributed by atoms with E-state index >= 15 is 0 Å². The van der Waals surface area contributed by atoms with Crippen LogP contribution in [0.15, 0.2) is 18.2 Å². The van der Waals surface area contributed by atoms with Crippen molar-refractivity contribution in [2.45, 2.75) is 24.4 Å². The molecule has 1 aromatic rings. The number of rotatable bonds is 5. The lowest BCUT2D eigenvalue weighted by Crippen LogP contribution is -2.56. The Morgan fingerprint density at radius 2 is 1.39 bits per heavy atom. The summed E-state index contributed by atoms with van der Waals surface area (Å²) in [6.07, 6.45) is -8.78. The molecule has 0 spiro atoms. The predicted molar refractivity (Wildman–Crippen MR) is 56.3 cm³/mol. The molecule has 0 aliphatic heterocycles. The van der Waals surface area contributed by atoms with Crippen LogP contribution in [0.25, 0.3) is 0 Å². The molecule has 0 unspecified atom stereocenters. The number of Topliss-reactive ketones (excluding diaryl/α,β-unsaturated/α-hetero) is 2. The second-order valence-corrected chi connectivity index (χ2v) is 4.30. The highest BCUT2D eigenvalue weighted by Crippen LogP contribution is 2.47. The lowest BCUT2D eigenvalue weighted by atomic mass is 9.99. The Morgan fingerprint density at radius 1 is 0.870 bits per heavy atom. The molecule has 0 saturated carbocycles. The molecule has 23 heavy (non-hydrogen) atoms. The summed E-state index contributed by atoms with van der Waals surface area (Å²) < 4.78 is 112. The van der Waals surface area contributed by atoms with Crippen molar-refractivity contribution in [2.75, 3.05) is 0 Å². The Balaban J connectivity index is 3.02. The number of halogens is 9. The summed E-state index contributed by atoms with van der Waals surface area (Å²) in [5.74, 6) is -20.6. The molecule has 0 aromatic heterocycles. The average molecular weight is 352 g/mol. The monoisotopic (exact) mass is 352 g/mol. The van der Waals surface area contributed by atoms with Crippen LogP contribution in [0.2, 0.25) is 0 Å².